The quantitative estimate of drug-likeness (QED) is 0.919. The van der Waals surface area contributed by atoms with E-state index in [-0.39, 0.29) is 6.03 Å². The van der Waals surface area contributed by atoms with Gasteiger partial charge >= 0.3 is 6.03 Å². The van der Waals surface area contributed by atoms with Crippen LogP contribution in [0.2, 0.25) is 0 Å². The Morgan fingerprint density at radius 3 is 2.88 bits per heavy atom. The molecule has 0 unspecified atom stereocenters. The molecule has 0 saturated carbocycles. The van der Waals surface area contributed by atoms with E-state index in [2.05, 4.69) is 28.6 Å². The fraction of sp³-hybridized carbons (Fsp3) is 0.333. The molecule has 0 fully saturated rings. The van der Waals surface area contributed by atoms with Gasteiger partial charge in [-0.3, -0.25) is 4.68 Å². The molecule has 0 radical (unpaired) electrons. The molecule has 6 heteroatoms. The van der Waals surface area contributed by atoms with Crippen LogP contribution in [0.5, 0.6) is 0 Å². The normalized spacial score (nSPS) is 14.4. The number of ether oxygens (including phenoxy) is 1. The minimum atomic E-state index is -0.0929. The van der Waals surface area contributed by atoms with E-state index >= 15 is 0 Å². The van der Waals surface area contributed by atoms with Crippen molar-refractivity contribution in [1.29, 1.82) is 0 Å². The summed E-state index contributed by atoms with van der Waals surface area (Å²) < 4.78 is 6.77. The van der Waals surface area contributed by atoms with Crippen molar-refractivity contribution in [3.05, 3.63) is 54.4 Å². The standard InChI is InChI=1S/C18H22N4O2/c1-24-12-11-22-14-17(13-19-22)20-18(23)21-9-7-16(8-10-21)15-5-3-2-4-6-15/h2-7,13-14H,8-12H2,1H3,(H,20,23). The molecule has 6 nitrogen and oxygen atoms in total. The van der Waals surface area contributed by atoms with Crippen molar-refractivity contribution in [2.75, 3.05) is 32.1 Å². The summed E-state index contributed by atoms with van der Waals surface area (Å²) in [6, 6.07) is 10.2. The first kappa shape index (κ1) is 16.3. The molecule has 24 heavy (non-hydrogen) atoms. The van der Waals surface area contributed by atoms with E-state index in [9.17, 15) is 4.79 Å². The second kappa shape index (κ2) is 7.79. The zero-order valence-corrected chi connectivity index (χ0v) is 13.8. The number of urea groups is 1. The topological polar surface area (TPSA) is 59.4 Å². The molecular formula is C18H22N4O2. The van der Waals surface area contributed by atoms with Crippen molar-refractivity contribution in [2.24, 2.45) is 0 Å². The summed E-state index contributed by atoms with van der Waals surface area (Å²) in [6.07, 6.45) is 6.46. The van der Waals surface area contributed by atoms with Crippen molar-refractivity contribution in [1.82, 2.24) is 14.7 Å². The number of benzene rings is 1. The monoisotopic (exact) mass is 326 g/mol. The van der Waals surface area contributed by atoms with Crippen molar-refractivity contribution < 1.29 is 9.53 Å². The number of aromatic nitrogens is 2. The number of anilines is 1. The van der Waals surface area contributed by atoms with Gasteiger partial charge in [-0.2, -0.15) is 5.10 Å². The van der Waals surface area contributed by atoms with E-state index in [1.54, 1.807) is 22.9 Å². The van der Waals surface area contributed by atoms with Crippen molar-refractivity contribution in [3.8, 4) is 0 Å². The molecule has 0 atom stereocenters. The Bertz CT molecular complexity index is 709. The van der Waals surface area contributed by atoms with Gasteiger partial charge in [0, 0.05) is 26.4 Å². The first-order valence-electron chi connectivity index (χ1n) is 8.08. The summed E-state index contributed by atoms with van der Waals surface area (Å²) in [5.41, 5.74) is 3.23. The van der Waals surface area contributed by atoms with E-state index in [1.165, 1.54) is 11.1 Å². The number of amides is 2. The van der Waals surface area contributed by atoms with Crippen LogP contribution in [0.15, 0.2) is 48.8 Å². The predicted molar refractivity (Wildman–Crippen MR) is 93.7 cm³/mol. The Morgan fingerprint density at radius 2 is 2.17 bits per heavy atom. The van der Waals surface area contributed by atoms with E-state index in [0.717, 1.165) is 6.42 Å². The fourth-order valence-electron chi connectivity index (χ4n) is 2.71. The van der Waals surface area contributed by atoms with Gasteiger partial charge < -0.3 is 15.0 Å². The van der Waals surface area contributed by atoms with Crippen molar-refractivity contribution in [3.63, 3.8) is 0 Å². The summed E-state index contributed by atoms with van der Waals surface area (Å²) >= 11 is 0. The van der Waals surface area contributed by atoms with Gasteiger partial charge in [-0.15, -0.1) is 0 Å². The molecule has 0 saturated heterocycles. The van der Waals surface area contributed by atoms with Crippen molar-refractivity contribution in [2.45, 2.75) is 13.0 Å². The first-order valence-corrected chi connectivity index (χ1v) is 8.08. The molecule has 1 N–H and O–H groups in total. The van der Waals surface area contributed by atoms with Gasteiger partial charge in [-0.05, 0) is 17.6 Å². The maximum absolute atomic E-state index is 12.4. The third kappa shape index (κ3) is 4.02. The van der Waals surface area contributed by atoms with Crippen LogP contribution in [-0.4, -0.2) is 47.5 Å². The Kier molecular flexibility index (Phi) is 5.28. The summed E-state index contributed by atoms with van der Waals surface area (Å²) in [5, 5.41) is 7.09. The smallest absolute Gasteiger partial charge is 0.322 e. The van der Waals surface area contributed by atoms with Gasteiger partial charge in [0.15, 0.2) is 0 Å². The molecule has 126 valence electrons. The lowest BCUT2D eigenvalue weighted by atomic mass is 10.00. The Labute approximate surface area is 141 Å². The lowest BCUT2D eigenvalue weighted by Crippen LogP contribution is -2.37. The number of carbonyl (C=O) groups is 1. The minimum absolute atomic E-state index is 0.0929. The molecule has 2 aromatic rings. The lowest BCUT2D eigenvalue weighted by molar-refractivity contribution is 0.183. The molecule has 1 aliphatic heterocycles. The molecule has 1 aliphatic rings. The summed E-state index contributed by atoms with van der Waals surface area (Å²) in [6.45, 7) is 2.59. The number of nitrogens with zero attached hydrogens (tertiary/aromatic N) is 3. The van der Waals surface area contributed by atoms with Gasteiger partial charge in [0.05, 0.1) is 25.0 Å². The van der Waals surface area contributed by atoms with Gasteiger partial charge in [-0.25, -0.2) is 4.79 Å². The second-order valence-corrected chi connectivity index (χ2v) is 5.71. The average Bonchev–Trinajstić information content (AvgIpc) is 3.08. The van der Waals surface area contributed by atoms with Crippen LogP contribution in [0, 0.1) is 0 Å². The maximum Gasteiger partial charge on any atom is 0.322 e. The molecule has 2 amide bonds. The molecular weight excluding hydrogens is 304 g/mol. The van der Waals surface area contributed by atoms with Crippen molar-refractivity contribution >= 4 is 17.3 Å². The van der Waals surface area contributed by atoms with E-state index < -0.39 is 0 Å². The summed E-state index contributed by atoms with van der Waals surface area (Å²) in [4.78, 5) is 14.2. The molecule has 2 heterocycles. The average molecular weight is 326 g/mol. The number of hydrogen-bond acceptors (Lipinski definition) is 3. The van der Waals surface area contributed by atoms with Gasteiger partial charge in [0.1, 0.15) is 0 Å². The van der Waals surface area contributed by atoms with Gasteiger partial charge in [0.2, 0.25) is 0 Å². The fourth-order valence-corrected chi connectivity index (χ4v) is 2.71. The number of carbonyl (C=O) groups excluding carboxylic acids is 1. The van der Waals surface area contributed by atoms with Crippen LogP contribution in [0.4, 0.5) is 10.5 Å². The van der Waals surface area contributed by atoms with E-state index in [4.69, 9.17) is 4.74 Å². The van der Waals surface area contributed by atoms with Crippen LogP contribution < -0.4 is 5.32 Å². The predicted octanol–water partition coefficient (Wildman–Crippen LogP) is 2.85. The number of rotatable bonds is 5. The van der Waals surface area contributed by atoms with Gasteiger partial charge in [0.25, 0.3) is 0 Å². The third-order valence-corrected chi connectivity index (χ3v) is 4.05. The van der Waals surface area contributed by atoms with E-state index in [1.807, 2.05) is 24.4 Å². The second-order valence-electron chi connectivity index (χ2n) is 5.71. The Balaban J connectivity index is 1.55. The lowest BCUT2D eigenvalue weighted by Gasteiger charge is -2.26. The minimum Gasteiger partial charge on any atom is -0.383 e. The largest absolute Gasteiger partial charge is 0.383 e. The number of nitrogens with one attached hydrogen (secondary N) is 1. The Morgan fingerprint density at radius 1 is 1.33 bits per heavy atom. The highest BCUT2D eigenvalue weighted by Crippen LogP contribution is 2.22. The molecule has 0 spiro atoms. The maximum atomic E-state index is 12.4. The van der Waals surface area contributed by atoms with E-state index in [0.29, 0.717) is 31.9 Å². The summed E-state index contributed by atoms with van der Waals surface area (Å²) in [5.74, 6) is 0. The van der Waals surface area contributed by atoms with Crippen LogP contribution in [-0.2, 0) is 11.3 Å². The number of hydrogen-bond donors (Lipinski definition) is 1. The Hall–Kier alpha value is -2.60. The number of methoxy groups -OCH3 is 1. The molecule has 1 aromatic carbocycles. The highest BCUT2D eigenvalue weighted by Gasteiger charge is 2.18. The first-order chi connectivity index (χ1) is 11.8. The van der Waals surface area contributed by atoms with Crippen LogP contribution in [0.1, 0.15) is 12.0 Å². The molecule has 3 rings (SSSR count). The highest BCUT2D eigenvalue weighted by atomic mass is 16.5. The zero-order valence-electron chi connectivity index (χ0n) is 13.8. The third-order valence-electron chi connectivity index (χ3n) is 4.05. The van der Waals surface area contributed by atoms with Crippen LogP contribution >= 0.6 is 0 Å². The summed E-state index contributed by atoms with van der Waals surface area (Å²) in [7, 11) is 1.65. The highest BCUT2D eigenvalue weighted by molar-refractivity contribution is 5.89. The van der Waals surface area contributed by atoms with Crippen LogP contribution in [0.25, 0.3) is 5.57 Å². The van der Waals surface area contributed by atoms with Crippen LogP contribution in [0.3, 0.4) is 0 Å². The SMILES string of the molecule is COCCn1cc(NC(=O)N2CC=C(c3ccccc3)CC2)cn1. The van der Waals surface area contributed by atoms with Gasteiger partial charge in [-0.1, -0.05) is 36.4 Å². The molecule has 1 aromatic heterocycles. The zero-order chi connectivity index (χ0) is 16.8. The molecule has 0 aliphatic carbocycles. The molecule has 0 bridgehead atoms.